The standard InChI is InChI=1S/C20H38N4O2.C15H27N3O3/c1-17(2,3)21-13-14(23(15(21)25)19(7,8)9)24(20(10,11)12)16(26)22(13)18(4,5)6;1-13(2,3)16-10(19)17(14(4,5)6)12(21)18(11(16)20)15(7,8)9/h13-14H,1-12H3;1-9H3. The van der Waals surface area contributed by atoms with Crippen molar-refractivity contribution < 1.29 is 9.59 Å². The monoisotopic (exact) mass is 664 g/mol. The van der Waals surface area contributed by atoms with Crippen molar-refractivity contribution in [3.05, 3.63) is 31.5 Å². The zero-order valence-corrected chi connectivity index (χ0v) is 33.3. The molecule has 0 saturated carbocycles. The molecule has 0 spiro atoms. The molecule has 12 nitrogen and oxygen atoms in total. The SMILES string of the molecule is CC(C)(C)N1C(=O)N(C(C)(C)C)C2C1N(C(C)(C)C)C(=O)N2C(C)(C)C.CC(C)(C)n1c(=O)n(C(C)(C)C)c(=O)n(C(C)(C)C)c1=O. The van der Waals surface area contributed by atoms with Gasteiger partial charge in [-0.3, -0.25) is 19.6 Å². The third-order valence-electron chi connectivity index (χ3n) is 8.20. The summed E-state index contributed by atoms with van der Waals surface area (Å²) in [6.07, 6.45) is -0.623. The zero-order valence-electron chi connectivity index (χ0n) is 33.3. The Labute approximate surface area is 282 Å². The number of urea groups is 2. The molecule has 0 aliphatic carbocycles. The van der Waals surface area contributed by atoms with Crippen LogP contribution >= 0.6 is 0 Å². The minimum atomic E-state index is -0.706. The number of carbonyl (C=O) groups is 2. The van der Waals surface area contributed by atoms with Crippen LogP contribution in [-0.2, 0) is 16.6 Å². The first-order valence-electron chi connectivity index (χ1n) is 16.7. The van der Waals surface area contributed by atoms with Crippen LogP contribution in [0.2, 0.25) is 0 Å². The summed E-state index contributed by atoms with van der Waals surface area (Å²) in [5.74, 6) is 0. The Morgan fingerprint density at radius 2 is 0.447 bits per heavy atom. The Kier molecular flexibility index (Phi) is 9.85. The minimum Gasteiger partial charge on any atom is -0.295 e. The van der Waals surface area contributed by atoms with Gasteiger partial charge in [-0.1, -0.05) is 0 Å². The number of hydrogen-bond acceptors (Lipinski definition) is 5. The molecule has 0 aromatic carbocycles. The van der Waals surface area contributed by atoms with E-state index in [0.29, 0.717) is 0 Å². The first-order valence-corrected chi connectivity index (χ1v) is 16.7. The lowest BCUT2D eigenvalue weighted by molar-refractivity contribution is 0.0147. The van der Waals surface area contributed by atoms with Crippen LogP contribution < -0.4 is 17.1 Å². The predicted molar refractivity (Wildman–Crippen MR) is 189 cm³/mol. The highest BCUT2D eigenvalue weighted by atomic mass is 16.2. The molecule has 2 aliphatic rings. The maximum atomic E-state index is 13.6. The van der Waals surface area contributed by atoms with Crippen molar-refractivity contribution in [2.45, 2.75) is 197 Å². The van der Waals surface area contributed by atoms with Crippen LogP contribution in [0.15, 0.2) is 14.4 Å². The fourth-order valence-corrected chi connectivity index (χ4v) is 6.45. The molecule has 12 heteroatoms. The van der Waals surface area contributed by atoms with Crippen LogP contribution in [0.3, 0.4) is 0 Å². The molecule has 1 aromatic heterocycles. The van der Waals surface area contributed by atoms with Gasteiger partial charge in [-0.2, -0.15) is 0 Å². The van der Waals surface area contributed by atoms with E-state index in [9.17, 15) is 24.0 Å². The molecule has 3 rings (SSSR count). The van der Waals surface area contributed by atoms with Gasteiger partial charge in [-0.15, -0.1) is 0 Å². The van der Waals surface area contributed by atoms with E-state index in [1.807, 2.05) is 103 Å². The van der Waals surface area contributed by atoms with Crippen molar-refractivity contribution in [3.63, 3.8) is 0 Å². The highest BCUT2D eigenvalue weighted by molar-refractivity contribution is 5.87. The smallest absolute Gasteiger partial charge is 0.295 e. The normalized spacial score (nSPS) is 20.2. The average molecular weight is 664 g/mol. The molecule has 0 atom stereocenters. The highest BCUT2D eigenvalue weighted by Crippen LogP contribution is 2.46. The summed E-state index contributed by atoms with van der Waals surface area (Å²) in [4.78, 5) is 72.8. The van der Waals surface area contributed by atoms with Crippen LogP contribution in [0.25, 0.3) is 0 Å². The van der Waals surface area contributed by atoms with Crippen LogP contribution in [0.5, 0.6) is 0 Å². The first kappa shape index (κ1) is 40.1. The van der Waals surface area contributed by atoms with Crippen molar-refractivity contribution in [2.24, 2.45) is 0 Å². The van der Waals surface area contributed by atoms with Gasteiger partial charge >= 0.3 is 29.1 Å². The molecule has 2 saturated heterocycles. The lowest BCUT2D eigenvalue weighted by Gasteiger charge is -2.44. The summed E-state index contributed by atoms with van der Waals surface area (Å²) in [6.45, 7) is 40.5. The third-order valence-corrected chi connectivity index (χ3v) is 8.20. The van der Waals surface area contributed by atoms with Crippen LogP contribution in [-0.4, -0.2) is 79.9 Å². The van der Waals surface area contributed by atoms with Crippen LogP contribution in [0, 0.1) is 0 Å². The molecular formula is C35H65N7O5. The average Bonchev–Trinajstić information content (AvgIpc) is 3.17. The van der Waals surface area contributed by atoms with Gasteiger partial charge in [-0.05, 0) is 145 Å². The Hall–Kier alpha value is -3.05. The third kappa shape index (κ3) is 7.36. The van der Waals surface area contributed by atoms with E-state index in [1.54, 1.807) is 62.3 Å². The Balaban J connectivity index is 0.000000335. The van der Waals surface area contributed by atoms with Gasteiger partial charge in [0.15, 0.2) is 12.3 Å². The summed E-state index contributed by atoms with van der Waals surface area (Å²) in [6, 6.07) is -0.00741. The summed E-state index contributed by atoms with van der Waals surface area (Å²) in [7, 11) is 0. The van der Waals surface area contributed by atoms with Gasteiger partial charge in [0.05, 0.1) is 0 Å². The van der Waals surface area contributed by atoms with E-state index in [0.717, 1.165) is 13.7 Å². The Morgan fingerprint density at radius 1 is 0.298 bits per heavy atom. The Morgan fingerprint density at radius 3 is 0.553 bits per heavy atom. The fraction of sp³-hybridized carbons (Fsp3) is 0.857. The van der Waals surface area contributed by atoms with E-state index >= 15 is 0 Å². The van der Waals surface area contributed by atoms with Gasteiger partial charge in [0.1, 0.15) is 0 Å². The van der Waals surface area contributed by atoms with Crippen LogP contribution in [0.1, 0.15) is 145 Å². The maximum Gasteiger partial charge on any atom is 0.337 e. The summed E-state index contributed by atoms with van der Waals surface area (Å²) in [5.41, 5.74) is -5.38. The van der Waals surface area contributed by atoms with Crippen molar-refractivity contribution in [1.29, 1.82) is 0 Å². The Bertz CT molecular complexity index is 1320. The second-order valence-corrected chi connectivity index (χ2v) is 19.9. The van der Waals surface area contributed by atoms with Crippen molar-refractivity contribution in [3.8, 4) is 0 Å². The van der Waals surface area contributed by atoms with Gasteiger partial charge in [0.25, 0.3) is 0 Å². The number of nitrogens with zero attached hydrogens (tertiary/aromatic N) is 7. The molecule has 4 amide bonds. The van der Waals surface area contributed by atoms with E-state index < -0.39 is 55.8 Å². The summed E-state index contributed by atoms with van der Waals surface area (Å²) < 4.78 is 3.47. The van der Waals surface area contributed by atoms with Crippen LogP contribution in [0.4, 0.5) is 9.59 Å². The van der Waals surface area contributed by atoms with Crippen molar-refractivity contribution >= 4 is 12.1 Å². The summed E-state index contributed by atoms with van der Waals surface area (Å²) in [5, 5.41) is 0. The van der Waals surface area contributed by atoms with Gasteiger partial charge < -0.3 is 0 Å². The molecule has 270 valence electrons. The number of carbonyl (C=O) groups excluding carboxylic acids is 2. The second kappa shape index (κ2) is 11.5. The molecular weight excluding hydrogens is 598 g/mol. The van der Waals surface area contributed by atoms with Gasteiger partial charge in [0.2, 0.25) is 0 Å². The van der Waals surface area contributed by atoms with E-state index in [2.05, 4.69) is 0 Å². The maximum absolute atomic E-state index is 13.6. The fourth-order valence-electron chi connectivity index (χ4n) is 6.45. The highest BCUT2D eigenvalue weighted by Gasteiger charge is 2.66. The summed E-state index contributed by atoms with van der Waals surface area (Å²) >= 11 is 0. The molecule has 0 N–H and O–H groups in total. The minimum absolute atomic E-state index is 0.00370. The van der Waals surface area contributed by atoms with E-state index in [4.69, 9.17) is 0 Å². The molecule has 1 aromatic rings. The molecule has 0 radical (unpaired) electrons. The lowest BCUT2D eigenvalue weighted by Crippen LogP contribution is -2.63. The number of aromatic nitrogens is 3. The molecule has 2 aliphatic heterocycles. The van der Waals surface area contributed by atoms with Crippen molar-refractivity contribution in [1.82, 2.24) is 33.3 Å². The second-order valence-electron chi connectivity index (χ2n) is 19.9. The molecule has 0 unspecified atom stereocenters. The van der Waals surface area contributed by atoms with E-state index in [1.165, 1.54) is 0 Å². The molecule has 2 fully saturated rings. The molecule has 47 heavy (non-hydrogen) atoms. The lowest BCUT2D eigenvalue weighted by atomic mass is 10.0. The molecule has 0 bridgehead atoms. The predicted octanol–water partition coefficient (Wildman–Crippen LogP) is 5.74. The number of hydrogen-bond donors (Lipinski definition) is 0. The van der Waals surface area contributed by atoms with Gasteiger partial charge in [0, 0.05) is 38.8 Å². The van der Waals surface area contributed by atoms with Gasteiger partial charge in [-0.25, -0.2) is 37.7 Å². The first-order chi connectivity index (χ1) is 20.4. The number of rotatable bonds is 0. The number of fused-ring (bicyclic) bond motifs is 1. The zero-order chi connectivity index (χ0) is 37.6. The topological polar surface area (TPSA) is 113 Å². The van der Waals surface area contributed by atoms with E-state index in [-0.39, 0.29) is 24.4 Å². The van der Waals surface area contributed by atoms with Crippen molar-refractivity contribution in [2.75, 3.05) is 0 Å². The number of amides is 4. The molecule has 3 heterocycles. The largest absolute Gasteiger partial charge is 0.337 e. The quantitative estimate of drug-likeness (QED) is 0.351.